The van der Waals surface area contributed by atoms with Gasteiger partial charge in [-0.05, 0) is 31.2 Å². The number of hydrogen-bond donors (Lipinski definition) is 2. The lowest BCUT2D eigenvalue weighted by Gasteiger charge is -2.10. The highest BCUT2D eigenvalue weighted by atomic mass is 16.5. The molecule has 0 unspecified atom stereocenters. The minimum Gasteiger partial charge on any atom is -0.492 e. The maximum absolute atomic E-state index is 11.7. The lowest BCUT2D eigenvalue weighted by molar-refractivity contribution is 0.247. The molecule has 0 radical (unpaired) electrons. The predicted molar refractivity (Wildman–Crippen MR) is 84.9 cm³/mol. The Kier molecular flexibility index (Phi) is 5.38. The summed E-state index contributed by atoms with van der Waals surface area (Å²) in [6.45, 7) is 2.75. The van der Waals surface area contributed by atoms with Crippen LogP contribution in [0.4, 0.5) is 10.5 Å². The van der Waals surface area contributed by atoms with Crippen LogP contribution in [0.1, 0.15) is 11.1 Å². The summed E-state index contributed by atoms with van der Waals surface area (Å²) in [5.74, 6) is 0.766. The Labute approximate surface area is 129 Å². The van der Waals surface area contributed by atoms with Crippen molar-refractivity contribution in [3.05, 3.63) is 59.7 Å². The molecule has 0 atom stereocenters. The van der Waals surface area contributed by atoms with Crippen LogP contribution in [0, 0.1) is 18.3 Å². The quantitative estimate of drug-likeness (QED) is 0.832. The zero-order valence-electron chi connectivity index (χ0n) is 12.3. The Morgan fingerprint density at radius 2 is 1.91 bits per heavy atom. The average molecular weight is 295 g/mol. The van der Waals surface area contributed by atoms with Gasteiger partial charge in [0.1, 0.15) is 18.4 Å². The molecule has 112 valence electrons. The first kappa shape index (κ1) is 15.4. The van der Waals surface area contributed by atoms with Crippen LogP contribution in [0.25, 0.3) is 0 Å². The molecule has 2 aromatic rings. The first-order valence-corrected chi connectivity index (χ1v) is 6.92. The minimum absolute atomic E-state index is 0.366. The molecule has 2 rings (SSSR count). The zero-order chi connectivity index (χ0) is 15.8. The van der Waals surface area contributed by atoms with Crippen molar-refractivity contribution in [1.82, 2.24) is 5.32 Å². The molecule has 0 spiro atoms. The molecule has 0 saturated heterocycles. The third-order valence-electron chi connectivity index (χ3n) is 2.97. The number of para-hydroxylation sites is 1. The number of anilines is 1. The summed E-state index contributed by atoms with van der Waals surface area (Å²) in [5.41, 5.74) is 2.08. The molecule has 5 heteroatoms. The van der Waals surface area contributed by atoms with Crippen molar-refractivity contribution in [3.8, 4) is 11.8 Å². The van der Waals surface area contributed by atoms with E-state index in [1.54, 1.807) is 24.3 Å². The van der Waals surface area contributed by atoms with Crippen molar-refractivity contribution in [1.29, 1.82) is 5.26 Å². The van der Waals surface area contributed by atoms with Gasteiger partial charge in [0.05, 0.1) is 17.8 Å². The lowest BCUT2D eigenvalue weighted by Crippen LogP contribution is -2.32. The van der Waals surface area contributed by atoms with Gasteiger partial charge >= 0.3 is 6.03 Å². The Hall–Kier alpha value is -3.00. The molecular formula is C17H17N3O2. The summed E-state index contributed by atoms with van der Waals surface area (Å²) in [5, 5.41) is 14.3. The lowest BCUT2D eigenvalue weighted by atomic mass is 10.2. The van der Waals surface area contributed by atoms with E-state index in [4.69, 9.17) is 10.00 Å². The number of nitriles is 1. The van der Waals surface area contributed by atoms with Crippen LogP contribution in [0.15, 0.2) is 48.5 Å². The van der Waals surface area contributed by atoms with E-state index >= 15 is 0 Å². The fourth-order valence-electron chi connectivity index (χ4n) is 1.82. The van der Waals surface area contributed by atoms with Crippen molar-refractivity contribution in [2.24, 2.45) is 0 Å². The maximum Gasteiger partial charge on any atom is 0.319 e. The Morgan fingerprint density at radius 1 is 1.18 bits per heavy atom. The van der Waals surface area contributed by atoms with Crippen LogP contribution in [0.3, 0.4) is 0 Å². The van der Waals surface area contributed by atoms with E-state index in [1.807, 2.05) is 37.3 Å². The summed E-state index contributed by atoms with van der Waals surface area (Å²) in [6, 6.07) is 16.2. The molecule has 0 aliphatic heterocycles. The van der Waals surface area contributed by atoms with Gasteiger partial charge in [-0.15, -0.1) is 0 Å². The smallest absolute Gasteiger partial charge is 0.319 e. The van der Waals surface area contributed by atoms with Crippen molar-refractivity contribution >= 4 is 11.7 Å². The fourth-order valence-corrected chi connectivity index (χ4v) is 1.82. The normalized spacial score (nSPS) is 9.64. The third kappa shape index (κ3) is 4.53. The molecule has 0 aliphatic carbocycles. The van der Waals surface area contributed by atoms with Gasteiger partial charge in [0.15, 0.2) is 0 Å². The number of carbonyl (C=O) groups excluding carboxylic acids is 1. The molecule has 0 fully saturated rings. The second-order valence-corrected chi connectivity index (χ2v) is 4.70. The second-order valence-electron chi connectivity index (χ2n) is 4.70. The van der Waals surface area contributed by atoms with Crippen LogP contribution >= 0.6 is 0 Å². The van der Waals surface area contributed by atoms with Gasteiger partial charge in [0.25, 0.3) is 0 Å². The van der Waals surface area contributed by atoms with E-state index in [2.05, 4.69) is 10.6 Å². The first-order valence-electron chi connectivity index (χ1n) is 6.92. The van der Waals surface area contributed by atoms with Crippen LogP contribution in [-0.2, 0) is 0 Å². The number of carbonyl (C=O) groups is 1. The molecule has 0 saturated carbocycles. The van der Waals surface area contributed by atoms with Gasteiger partial charge in [-0.2, -0.15) is 5.26 Å². The summed E-state index contributed by atoms with van der Waals surface area (Å²) in [6.07, 6.45) is 0. The molecule has 5 nitrogen and oxygen atoms in total. The average Bonchev–Trinajstić information content (AvgIpc) is 2.54. The largest absolute Gasteiger partial charge is 0.492 e. The van der Waals surface area contributed by atoms with Crippen LogP contribution in [0.2, 0.25) is 0 Å². The molecule has 0 heterocycles. The van der Waals surface area contributed by atoms with E-state index in [1.165, 1.54) is 5.56 Å². The topological polar surface area (TPSA) is 74.2 Å². The van der Waals surface area contributed by atoms with Gasteiger partial charge in [-0.1, -0.05) is 29.8 Å². The maximum atomic E-state index is 11.7. The van der Waals surface area contributed by atoms with E-state index in [0.717, 1.165) is 5.75 Å². The predicted octanol–water partition coefficient (Wildman–Crippen LogP) is 3.07. The Morgan fingerprint density at radius 3 is 2.64 bits per heavy atom. The second kappa shape index (κ2) is 7.70. The number of urea groups is 1. The van der Waals surface area contributed by atoms with Crippen molar-refractivity contribution in [2.45, 2.75) is 6.92 Å². The van der Waals surface area contributed by atoms with Gasteiger partial charge in [0, 0.05) is 0 Å². The first-order chi connectivity index (χ1) is 10.7. The molecule has 0 aromatic heterocycles. The molecule has 2 amide bonds. The van der Waals surface area contributed by atoms with Gasteiger partial charge in [-0.25, -0.2) is 4.79 Å². The summed E-state index contributed by atoms with van der Waals surface area (Å²) in [4.78, 5) is 11.7. The van der Waals surface area contributed by atoms with Crippen molar-refractivity contribution in [2.75, 3.05) is 18.5 Å². The van der Waals surface area contributed by atoms with E-state index in [9.17, 15) is 4.79 Å². The number of ether oxygens (including phenoxy) is 1. The minimum atomic E-state index is -0.366. The molecule has 2 N–H and O–H groups in total. The van der Waals surface area contributed by atoms with Gasteiger partial charge < -0.3 is 15.4 Å². The van der Waals surface area contributed by atoms with Crippen molar-refractivity contribution in [3.63, 3.8) is 0 Å². The molecule has 2 aromatic carbocycles. The monoisotopic (exact) mass is 295 g/mol. The number of rotatable bonds is 5. The number of benzene rings is 2. The number of nitrogens with one attached hydrogen (secondary N) is 2. The summed E-state index contributed by atoms with van der Waals surface area (Å²) >= 11 is 0. The van der Waals surface area contributed by atoms with Crippen LogP contribution in [-0.4, -0.2) is 19.2 Å². The fraction of sp³-hybridized carbons (Fsp3) is 0.176. The molecular weight excluding hydrogens is 278 g/mol. The van der Waals surface area contributed by atoms with Crippen LogP contribution < -0.4 is 15.4 Å². The SMILES string of the molecule is Cc1ccc(OCCNC(=O)Nc2ccccc2C#N)cc1. The summed E-state index contributed by atoms with van der Waals surface area (Å²) in [7, 11) is 0. The molecule has 0 aliphatic rings. The Balaban J connectivity index is 1.74. The van der Waals surface area contributed by atoms with E-state index < -0.39 is 0 Å². The van der Waals surface area contributed by atoms with Crippen molar-refractivity contribution < 1.29 is 9.53 Å². The highest BCUT2D eigenvalue weighted by Gasteiger charge is 2.05. The molecule has 22 heavy (non-hydrogen) atoms. The van der Waals surface area contributed by atoms with Gasteiger partial charge in [0.2, 0.25) is 0 Å². The third-order valence-corrected chi connectivity index (χ3v) is 2.97. The highest BCUT2D eigenvalue weighted by molar-refractivity contribution is 5.90. The molecule has 0 bridgehead atoms. The number of nitrogens with zero attached hydrogens (tertiary/aromatic N) is 1. The van der Waals surface area contributed by atoms with Gasteiger partial charge in [-0.3, -0.25) is 0 Å². The Bertz CT molecular complexity index is 675. The number of hydrogen-bond acceptors (Lipinski definition) is 3. The standard InChI is InChI=1S/C17H17N3O2/c1-13-6-8-15(9-7-13)22-11-10-19-17(21)20-16-5-3-2-4-14(16)12-18/h2-9H,10-11H2,1H3,(H2,19,20,21). The van der Waals surface area contributed by atoms with E-state index in [0.29, 0.717) is 24.4 Å². The summed E-state index contributed by atoms with van der Waals surface area (Å²) < 4.78 is 5.51. The van der Waals surface area contributed by atoms with Crippen LogP contribution in [0.5, 0.6) is 5.75 Å². The number of aryl methyl sites for hydroxylation is 1. The van der Waals surface area contributed by atoms with E-state index in [-0.39, 0.29) is 6.03 Å². The zero-order valence-corrected chi connectivity index (χ0v) is 12.3. The highest BCUT2D eigenvalue weighted by Crippen LogP contribution is 2.13. The number of amides is 2.